The molecule has 1 amide bonds. The summed E-state index contributed by atoms with van der Waals surface area (Å²) in [5, 5.41) is 0. The lowest BCUT2D eigenvalue weighted by Crippen LogP contribution is -2.43. The Hall–Kier alpha value is -2.78. The number of nitrogens with zero attached hydrogens (tertiary/aromatic N) is 2. The summed E-state index contributed by atoms with van der Waals surface area (Å²) < 4.78 is 44.6. The molecule has 9 heteroatoms. The van der Waals surface area contributed by atoms with Crippen LogP contribution in [0, 0.1) is 12.8 Å². The summed E-state index contributed by atoms with van der Waals surface area (Å²) in [6, 6.07) is 10.7. The molecule has 0 aliphatic carbocycles. The number of hydrogen-bond donors (Lipinski definition) is 0. The highest BCUT2D eigenvalue weighted by Gasteiger charge is 2.34. The maximum absolute atomic E-state index is 13.2. The summed E-state index contributed by atoms with van der Waals surface area (Å²) >= 11 is 0. The third-order valence-corrected chi connectivity index (χ3v) is 8.27. The van der Waals surface area contributed by atoms with Crippen LogP contribution in [-0.2, 0) is 21.4 Å². The van der Waals surface area contributed by atoms with Crippen LogP contribution in [0.15, 0.2) is 41.3 Å². The fourth-order valence-electron chi connectivity index (χ4n) is 4.47. The SMILES string of the molecule is COc1ccc(C)cc1CN(C)C(=O)C1CCN(S(=O)(=O)c2ccc3c(c2)OCCCO3)CC1. The molecule has 0 spiro atoms. The second-order valence-corrected chi connectivity index (χ2v) is 10.8. The molecule has 2 heterocycles. The van der Waals surface area contributed by atoms with E-state index in [9.17, 15) is 13.2 Å². The van der Waals surface area contributed by atoms with Gasteiger partial charge in [-0.15, -0.1) is 0 Å². The molecule has 2 aromatic rings. The van der Waals surface area contributed by atoms with Crippen molar-refractivity contribution in [2.45, 2.75) is 37.6 Å². The smallest absolute Gasteiger partial charge is 0.243 e. The highest BCUT2D eigenvalue weighted by atomic mass is 32.2. The lowest BCUT2D eigenvalue weighted by atomic mass is 9.96. The molecule has 34 heavy (non-hydrogen) atoms. The Balaban J connectivity index is 1.39. The van der Waals surface area contributed by atoms with Crippen LogP contribution in [0.25, 0.3) is 0 Å². The van der Waals surface area contributed by atoms with Gasteiger partial charge in [0.2, 0.25) is 15.9 Å². The van der Waals surface area contributed by atoms with Crippen molar-refractivity contribution < 1.29 is 27.4 Å². The van der Waals surface area contributed by atoms with Gasteiger partial charge >= 0.3 is 0 Å². The number of fused-ring (bicyclic) bond motifs is 1. The van der Waals surface area contributed by atoms with Gasteiger partial charge in [0.25, 0.3) is 0 Å². The topological polar surface area (TPSA) is 85.4 Å². The van der Waals surface area contributed by atoms with E-state index in [1.165, 1.54) is 10.4 Å². The summed E-state index contributed by atoms with van der Waals surface area (Å²) in [6.45, 7) is 4.09. The molecule has 0 N–H and O–H groups in total. The second-order valence-electron chi connectivity index (χ2n) is 8.85. The van der Waals surface area contributed by atoms with E-state index in [0.717, 1.165) is 23.3 Å². The average molecular weight is 489 g/mol. The first kappa shape index (κ1) is 24.3. The molecule has 8 nitrogen and oxygen atoms in total. The summed E-state index contributed by atoms with van der Waals surface area (Å²) in [4.78, 5) is 15.0. The largest absolute Gasteiger partial charge is 0.496 e. The monoisotopic (exact) mass is 488 g/mol. The molecule has 0 unspecified atom stereocenters. The number of methoxy groups -OCH3 is 1. The second kappa shape index (κ2) is 10.2. The minimum absolute atomic E-state index is 0.0242. The minimum Gasteiger partial charge on any atom is -0.496 e. The van der Waals surface area contributed by atoms with E-state index < -0.39 is 10.0 Å². The van der Waals surface area contributed by atoms with Crippen molar-refractivity contribution in [3.8, 4) is 17.2 Å². The molecule has 184 valence electrons. The number of piperidine rings is 1. The van der Waals surface area contributed by atoms with Crippen molar-refractivity contribution >= 4 is 15.9 Å². The standard InChI is InChI=1S/C25H32N2O6S/c1-18-5-7-22(31-3)20(15-18)17-26(2)25(28)19-9-11-27(12-10-19)34(29,30)21-6-8-23-24(16-21)33-14-4-13-32-23/h5-8,15-16,19H,4,9-14,17H2,1-3H3. The number of rotatable bonds is 6. The zero-order valence-corrected chi connectivity index (χ0v) is 20.8. The molecular formula is C25H32N2O6S. The Bertz CT molecular complexity index is 1140. The molecular weight excluding hydrogens is 456 g/mol. The van der Waals surface area contributed by atoms with Gasteiger partial charge in [0.15, 0.2) is 11.5 Å². The third kappa shape index (κ3) is 5.15. The first-order chi connectivity index (χ1) is 16.3. The third-order valence-electron chi connectivity index (χ3n) is 6.38. The lowest BCUT2D eigenvalue weighted by molar-refractivity contribution is -0.135. The number of ether oxygens (including phenoxy) is 3. The van der Waals surface area contributed by atoms with Crippen molar-refractivity contribution in [2.24, 2.45) is 5.92 Å². The molecule has 4 rings (SSSR count). The van der Waals surface area contributed by atoms with Crippen LogP contribution in [0.1, 0.15) is 30.4 Å². The van der Waals surface area contributed by atoms with Gasteiger partial charge in [-0.2, -0.15) is 4.31 Å². The van der Waals surface area contributed by atoms with Crippen LogP contribution in [0.2, 0.25) is 0 Å². The number of aryl methyl sites for hydroxylation is 1. The molecule has 2 aromatic carbocycles. The maximum atomic E-state index is 13.2. The molecule has 0 bridgehead atoms. The normalized spacial score (nSPS) is 17.1. The van der Waals surface area contributed by atoms with Crippen molar-refractivity contribution in [2.75, 3.05) is 40.5 Å². The van der Waals surface area contributed by atoms with E-state index in [-0.39, 0.29) is 16.7 Å². The predicted octanol–water partition coefficient (Wildman–Crippen LogP) is 3.22. The molecule has 2 aliphatic rings. The van der Waals surface area contributed by atoms with Gasteiger partial charge in [-0.05, 0) is 38.0 Å². The van der Waals surface area contributed by atoms with Crippen LogP contribution in [-0.4, -0.2) is 64.0 Å². The molecule has 2 aliphatic heterocycles. The van der Waals surface area contributed by atoms with Crippen molar-refractivity contribution in [3.05, 3.63) is 47.5 Å². The first-order valence-corrected chi connectivity index (χ1v) is 13.0. The first-order valence-electron chi connectivity index (χ1n) is 11.6. The Morgan fingerprint density at radius 2 is 1.79 bits per heavy atom. The molecule has 0 atom stereocenters. The summed E-state index contributed by atoms with van der Waals surface area (Å²) in [5.74, 6) is 1.58. The van der Waals surface area contributed by atoms with Crippen LogP contribution >= 0.6 is 0 Å². The molecule has 0 saturated carbocycles. The number of amides is 1. The molecule has 1 saturated heterocycles. The van der Waals surface area contributed by atoms with Gasteiger partial charge in [-0.3, -0.25) is 4.79 Å². The zero-order valence-electron chi connectivity index (χ0n) is 20.0. The van der Waals surface area contributed by atoms with E-state index >= 15 is 0 Å². The fraction of sp³-hybridized carbons (Fsp3) is 0.480. The highest BCUT2D eigenvalue weighted by Crippen LogP contribution is 2.34. The van der Waals surface area contributed by atoms with Gasteiger partial charge in [-0.1, -0.05) is 17.7 Å². The van der Waals surface area contributed by atoms with E-state index in [1.807, 2.05) is 25.1 Å². The minimum atomic E-state index is -3.68. The summed E-state index contributed by atoms with van der Waals surface area (Å²) in [7, 11) is -0.280. The number of sulfonamides is 1. The summed E-state index contributed by atoms with van der Waals surface area (Å²) in [5.41, 5.74) is 2.05. The van der Waals surface area contributed by atoms with E-state index in [2.05, 4.69) is 0 Å². The van der Waals surface area contributed by atoms with Crippen molar-refractivity contribution in [1.82, 2.24) is 9.21 Å². The van der Waals surface area contributed by atoms with E-state index in [1.54, 1.807) is 31.2 Å². The average Bonchev–Trinajstić information content (AvgIpc) is 3.09. The zero-order chi connectivity index (χ0) is 24.3. The van der Waals surface area contributed by atoms with Crippen LogP contribution in [0.5, 0.6) is 17.2 Å². The Labute approximate surface area is 201 Å². The maximum Gasteiger partial charge on any atom is 0.243 e. The van der Waals surface area contributed by atoms with E-state index in [0.29, 0.717) is 57.2 Å². The summed E-state index contributed by atoms with van der Waals surface area (Å²) in [6.07, 6.45) is 1.72. The Morgan fingerprint density at radius 3 is 2.50 bits per heavy atom. The Kier molecular flexibility index (Phi) is 7.33. The van der Waals surface area contributed by atoms with Crippen LogP contribution < -0.4 is 14.2 Å². The number of hydrogen-bond acceptors (Lipinski definition) is 6. The van der Waals surface area contributed by atoms with Gasteiger partial charge in [-0.25, -0.2) is 8.42 Å². The predicted molar refractivity (Wildman–Crippen MR) is 128 cm³/mol. The van der Waals surface area contributed by atoms with Gasteiger partial charge < -0.3 is 19.1 Å². The highest BCUT2D eigenvalue weighted by molar-refractivity contribution is 7.89. The van der Waals surface area contributed by atoms with Crippen molar-refractivity contribution in [1.29, 1.82) is 0 Å². The van der Waals surface area contributed by atoms with Crippen LogP contribution in [0.3, 0.4) is 0 Å². The quantitative estimate of drug-likeness (QED) is 0.621. The fourth-order valence-corrected chi connectivity index (χ4v) is 5.96. The number of carbonyl (C=O) groups excluding carboxylic acids is 1. The van der Waals surface area contributed by atoms with Crippen molar-refractivity contribution in [3.63, 3.8) is 0 Å². The molecule has 1 fully saturated rings. The molecule has 0 radical (unpaired) electrons. The number of carbonyl (C=O) groups is 1. The van der Waals surface area contributed by atoms with Gasteiger partial charge in [0.1, 0.15) is 5.75 Å². The Morgan fingerprint density at radius 1 is 1.09 bits per heavy atom. The lowest BCUT2D eigenvalue weighted by Gasteiger charge is -2.32. The molecule has 0 aromatic heterocycles. The van der Waals surface area contributed by atoms with Crippen LogP contribution in [0.4, 0.5) is 0 Å². The van der Waals surface area contributed by atoms with E-state index in [4.69, 9.17) is 14.2 Å². The number of benzene rings is 2. The van der Waals surface area contributed by atoms with Gasteiger partial charge in [0.05, 0.1) is 25.2 Å². The van der Waals surface area contributed by atoms with Gasteiger partial charge in [0, 0.05) is 50.7 Å².